The minimum Gasteiger partial charge on any atom is -0.478 e. The molecule has 2 aromatic rings. The zero-order valence-corrected chi connectivity index (χ0v) is 10.2. The highest BCUT2D eigenvalue weighted by Gasteiger charge is 2.24. The minimum atomic E-state index is -0.898. The van der Waals surface area contributed by atoms with E-state index in [2.05, 4.69) is 16.9 Å². The van der Waals surface area contributed by atoms with E-state index in [0.717, 1.165) is 24.1 Å². The lowest BCUT2D eigenvalue weighted by molar-refractivity contribution is 0.0697. The molecule has 1 fully saturated rings. The number of hydrogen-bond donors (Lipinski definition) is 1. The second-order valence-corrected chi connectivity index (χ2v) is 4.83. The molecule has 0 aliphatic carbocycles. The maximum Gasteiger partial charge on any atom is 0.335 e. The van der Waals surface area contributed by atoms with Gasteiger partial charge in [0.15, 0.2) is 0 Å². The number of nitrogens with zero attached hydrogens (tertiary/aromatic N) is 3. The van der Waals surface area contributed by atoms with Gasteiger partial charge in [-0.05, 0) is 38.2 Å². The first-order valence-electron chi connectivity index (χ1n) is 6.03. The Morgan fingerprint density at radius 3 is 3.00 bits per heavy atom. The van der Waals surface area contributed by atoms with Crippen LogP contribution in [-0.4, -0.2) is 45.2 Å². The summed E-state index contributed by atoms with van der Waals surface area (Å²) in [6.45, 7) is 2.01. The molecular weight excluding hydrogens is 230 g/mol. The predicted octanol–water partition coefficient (Wildman–Crippen LogP) is 1.44. The van der Waals surface area contributed by atoms with Crippen LogP contribution in [0.25, 0.3) is 11.0 Å². The van der Waals surface area contributed by atoms with Gasteiger partial charge < -0.3 is 14.6 Å². The normalized spacial score (nSPS) is 19.9. The molecule has 1 aromatic heterocycles. The van der Waals surface area contributed by atoms with Crippen LogP contribution in [-0.2, 0) is 6.54 Å². The average molecular weight is 245 g/mol. The predicted molar refractivity (Wildman–Crippen MR) is 67.7 cm³/mol. The summed E-state index contributed by atoms with van der Waals surface area (Å²) < 4.78 is 2.04. The topological polar surface area (TPSA) is 58.4 Å². The van der Waals surface area contributed by atoms with Gasteiger partial charge in [-0.25, -0.2) is 9.78 Å². The number of imidazole rings is 1. The van der Waals surface area contributed by atoms with Crippen molar-refractivity contribution in [3.8, 4) is 0 Å². The molecule has 2 heterocycles. The summed E-state index contributed by atoms with van der Waals surface area (Å²) in [7, 11) is 2.11. The Morgan fingerprint density at radius 2 is 2.39 bits per heavy atom. The summed E-state index contributed by atoms with van der Waals surface area (Å²) in [5, 5.41) is 9.02. The monoisotopic (exact) mass is 245 g/mol. The van der Waals surface area contributed by atoms with Crippen molar-refractivity contribution < 1.29 is 9.90 Å². The van der Waals surface area contributed by atoms with Crippen molar-refractivity contribution in [2.45, 2.75) is 19.0 Å². The van der Waals surface area contributed by atoms with Gasteiger partial charge in [-0.1, -0.05) is 0 Å². The van der Waals surface area contributed by atoms with Gasteiger partial charge in [-0.2, -0.15) is 0 Å². The van der Waals surface area contributed by atoms with E-state index in [-0.39, 0.29) is 0 Å². The molecule has 0 saturated carbocycles. The molecule has 0 bridgehead atoms. The molecule has 1 unspecified atom stereocenters. The van der Waals surface area contributed by atoms with Crippen LogP contribution in [0.15, 0.2) is 24.5 Å². The lowest BCUT2D eigenvalue weighted by Crippen LogP contribution is -2.46. The number of fused-ring (bicyclic) bond motifs is 1. The first-order chi connectivity index (χ1) is 8.65. The van der Waals surface area contributed by atoms with E-state index in [1.54, 1.807) is 24.5 Å². The number of aromatic carboxylic acids is 1. The molecular formula is C13H15N3O2. The number of likely N-dealkylation sites (N-methyl/N-ethyl adjacent to an activating group) is 1. The van der Waals surface area contributed by atoms with E-state index < -0.39 is 5.97 Å². The Labute approximate surface area is 105 Å². The number of aromatic nitrogens is 2. The average Bonchev–Trinajstić information content (AvgIpc) is 2.76. The van der Waals surface area contributed by atoms with Gasteiger partial charge in [0.1, 0.15) is 0 Å². The molecule has 1 saturated heterocycles. The molecule has 0 spiro atoms. The molecule has 18 heavy (non-hydrogen) atoms. The lowest BCUT2D eigenvalue weighted by Gasteiger charge is -2.38. The number of rotatable bonds is 3. The highest BCUT2D eigenvalue weighted by molar-refractivity contribution is 5.92. The Balaban J connectivity index is 1.96. The molecule has 1 N–H and O–H groups in total. The molecule has 1 aliphatic heterocycles. The fraction of sp³-hybridized carbons (Fsp3) is 0.385. The quantitative estimate of drug-likeness (QED) is 0.889. The summed E-state index contributed by atoms with van der Waals surface area (Å²) in [4.78, 5) is 17.6. The van der Waals surface area contributed by atoms with Crippen LogP contribution < -0.4 is 0 Å². The van der Waals surface area contributed by atoms with Crippen molar-refractivity contribution in [2.75, 3.05) is 13.6 Å². The molecule has 5 nitrogen and oxygen atoms in total. The standard InChI is InChI=1S/C13H15N3O2/c1-15-5-4-10(15)7-16-8-14-11-3-2-9(13(17)18)6-12(11)16/h2-3,6,8,10H,4-5,7H2,1H3,(H,17,18). The smallest absolute Gasteiger partial charge is 0.335 e. The fourth-order valence-electron chi connectivity index (χ4n) is 2.36. The second-order valence-electron chi connectivity index (χ2n) is 4.83. The molecule has 1 atom stereocenters. The Kier molecular flexibility index (Phi) is 2.56. The highest BCUT2D eigenvalue weighted by atomic mass is 16.4. The van der Waals surface area contributed by atoms with Crippen molar-refractivity contribution in [1.29, 1.82) is 0 Å². The summed E-state index contributed by atoms with van der Waals surface area (Å²) in [6.07, 6.45) is 2.98. The second kappa shape index (κ2) is 4.10. The van der Waals surface area contributed by atoms with Gasteiger partial charge in [0, 0.05) is 12.6 Å². The van der Waals surface area contributed by atoms with Crippen LogP contribution in [0.2, 0.25) is 0 Å². The Hall–Kier alpha value is -1.88. The van der Waals surface area contributed by atoms with Crippen molar-refractivity contribution in [2.24, 2.45) is 0 Å². The molecule has 5 heteroatoms. The van der Waals surface area contributed by atoms with E-state index in [9.17, 15) is 4.79 Å². The largest absolute Gasteiger partial charge is 0.478 e. The van der Waals surface area contributed by atoms with Gasteiger partial charge in [-0.15, -0.1) is 0 Å². The number of hydrogen-bond acceptors (Lipinski definition) is 3. The number of carboxylic acids is 1. The van der Waals surface area contributed by atoms with E-state index in [1.165, 1.54) is 6.42 Å². The van der Waals surface area contributed by atoms with Gasteiger partial charge in [0.2, 0.25) is 0 Å². The van der Waals surface area contributed by atoms with Crippen LogP contribution in [0.4, 0.5) is 0 Å². The molecule has 0 amide bonds. The van der Waals surface area contributed by atoms with E-state index in [0.29, 0.717) is 11.6 Å². The number of carboxylic acid groups (broad SMARTS) is 1. The number of likely N-dealkylation sites (tertiary alicyclic amines) is 1. The third-order valence-electron chi connectivity index (χ3n) is 3.71. The summed E-state index contributed by atoms with van der Waals surface area (Å²) in [5.74, 6) is -0.898. The van der Waals surface area contributed by atoms with E-state index >= 15 is 0 Å². The maximum absolute atomic E-state index is 11.0. The summed E-state index contributed by atoms with van der Waals surface area (Å²) >= 11 is 0. The fourth-order valence-corrected chi connectivity index (χ4v) is 2.36. The van der Waals surface area contributed by atoms with Crippen LogP contribution in [0.5, 0.6) is 0 Å². The molecule has 1 aromatic carbocycles. The van der Waals surface area contributed by atoms with Crippen LogP contribution in [0.3, 0.4) is 0 Å². The summed E-state index contributed by atoms with van der Waals surface area (Å²) in [5.41, 5.74) is 2.06. The SMILES string of the molecule is CN1CCC1Cn1cnc2ccc(C(=O)O)cc21. The zero-order valence-electron chi connectivity index (χ0n) is 10.2. The third-order valence-corrected chi connectivity index (χ3v) is 3.71. The molecule has 3 rings (SSSR count). The van der Waals surface area contributed by atoms with Crippen molar-refractivity contribution in [1.82, 2.24) is 14.5 Å². The highest BCUT2D eigenvalue weighted by Crippen LogP contribution is 2.20. The van der Waals surface area contributed by atoms with Gasteiger partial charge in [0.25, 0.3) is 0 Å². The zero-order chi connectivity index (χ0) is 12.7. The van der Waals surface area contributed by atoms with Crippen molar-refractivity contribution in [3.05, 3.63) is 30.1 Å². The first-order valence-corrected chi connectivity index (χ1v) is 6.03. The van der Waals surface area contributed by atoms with Gasteiger partial charge in [0.05, 0.1) is 22.9 Å². The molecule has 94 valence electrons. The van der Waals surface area contributed by atoms with Crippen LogP contribution >= 0.6 is 0 Å². The van der Waals surface area contributed by atoms with Crippen LogP contribution in [0.1, 0.15) is 16.8 Å². The minimum absolute atomic E-state index is 0.311. The third kappa shape index (κ3) is 1.76. The van der Waals surface area contributed by atoms with Gasteiger partial charge >= 0.3 is 5.97 Å². The Morgan fingerprint density at radius 1 is 1.56 bits per heavy atom. The number of benzene rings is 1. The van der Waals surface area contributed by atoms with E-state index in [1.807, 2.05) is 4.57 Å². The molecule has 0 radical (unpaired) electrons. The lowest BCUT2D eigenvalue weighted by atomic mass is 10.0. The van der Waals surface area contributed by atoms with Gasteiger partial charge in [-0.3, -0.25) is 0 Å². The number of carbonyl (C=O) groups is 1. The van der Waals surface area contributed by atoms with Crippen molar-refractivity contribution in [3.63, 3.8) is 0 Å². The Bertz CT molecular complexity index is 605. The van der Waals surface area contributed by atoms with Crippen LogP contribution in [0, 0.1) is 0 Å². The molecule has 1 aliphatic rings. The maximum atomic E-state index is 11.0. The first kappa shape index (κ1) is 11.2. The van der Waals surface area contributed by atoms with Crippen molar-refractivity contribution >= 4 is 17.0 Å². The summed E-state index contributed by atoms with van der Waals surface area (Å²) in [6, 6.07) is 5.59. The van der Waals surface area contributed by atoms with E-state index in [4.69, 9.17) is 5.11 Å².